The van der Waals surface area contributed by atoms with E-state index in [2.05, 4.69) is 15.2 Å². The zero-order valence-electron chi connectivity index (χ0n) is 10.5. The van der Waals surface area contributed by atoms with Crippen LogP contribution in [0.3, 0.4) is 0 Å². The molecule has 1 aromatic rings. The van der Waals surface area contributed by atoms with E-state index in [-0.39, 0.29) is 6.10 Å². The number of nitrogens with zero attached hydrogens (tertiary/aromatic N) is 4. The van der Waals surface area contributed by atoms with Crippen molar-refractivity contribution in [1.82, 2.24) is 15.1 Å². The third kappa shape index (κ3) is 3.56. The van der Waals surface area contributed by atoms with Gasteiger partial charge in [-0.3, -0.25) is 0 Å². The average Bonchev–Trinajstić information content (AvgIpc) is 2.84. The fraction of sp³-hybridized carbons (Fsp3) is 0.700. The second kappa shape index (κ2) is 6.35. The molecule has 18 heavy (non-hydrogen) atoms. The van der Waals surface area contributed by atoms with Gasteiger partial charge in [-0.1, -0.05) is 23.1 Å². The number of nitrogens with two attached hydrogens (primary N) is 1. The SMILES string of the molecule is CSc1nnc(CN=C(N)N2CCOC(C)C2)s1. The minimum absolute atomic E-state index is 0.206. The van der Waals surface area contributed by atoms with Crippen LogP contribution in [0, 0.1) is 0 Å². The Morgan fingerprint density at radius 2 is 2.50 bits per heavy atom. The number of morpholine rings is 1. The fourth-order valence-electron chi connectivity index (χ4n) is 1.66. The van der Waals surface area contributed by atoms with Crippen LogP contribution >= 0.6 is 23.1 Å². The standard InChI is InChI=1S/C10H17N5OS2/c1-7-6-15(3-4-16-7)9(11)12-5-8-13-14-10(17-2)18-8/h7H,3-6H2,1-2H3,(H2,11,12). The molecule has 6 nitrogen and oxygen atoms in total. The van der Waals surface area contributed by atoms with Gasteiger partial charge in [0.2, 0.25) is 0 Å². The first-order valence-electron chi connectivity index (χ1n) is 5.72. The van der Waals surface area contributed by atoms with Crippen LogP contribution in [0.4, 0.5) is 0 Å². The molecule has 0 spiro atoms. The van der Waals surface area contributed by atoms with Crippen molar-refractivity contribution in [3.8, 4) is 0 Å². The lowest BCUT2D eigenvalue weighted by Gasteiger charge is -2.31. The first-order chi connectivity index (χ1) is 8.69. The Labute approximate surface area is 115 Å². The van der Waals surface area contributed by atoms with Gasteiger partial charge in [0.1, 0.15) is 5.01 Å². The van der Waals surface area contributed by atoms with E-state index in [1.807, 2.05) is 18.1 Å². The summed E-state index contributed by atoms with van der Waals surface area (Å²) in [4.78, 5) is 6.41. The van der Waals surface area contributed by atoms with E-state index in [1.54, 1.807) is 23.1 Å². The van der Waals surface area contributed by atoms with Crippen molar-refractivity contribution in [1.29, 1.82) is 0 Å². The molecule has 0 aliphatic carbocycles. The van der Waals surface area contributed by atoms with E-state index < -0.39 is 0 Å². The second-order valence-corrected chi connectivity index (χ2v) is 6.08. The lowest BCUT2D eigenvalue weighted by atomic mass is 10.3. The summed E-state index contributed by atoms with van der Waals surface area (Å²) in [7, 11) is 0. The van der Waals surface area contributed by atoms with E-state index in [0.29, 0.717) is 19.1 Å². The lowest BCUT2D eigenvalue weighted by Crippen LogP contribution is -2.47. The molecule has 1 aromatic heterocycles. The van der Waals surface area contributed by atoms with Crippen LogP contribution in [-0.2, 0) is 11.3 Å². The first-order valence-corrected chi connectivity index (χ1v) is 7.76. The van der Waals surface area contributed by atoms with Crippen molar-refractivity contribution in [2.24, 2.45) is 10.7 Å². The van der Waals surface area contributed by atoms with Gasteiger partial charge in [0.05, 0.1) is 19.3 Å². The number of aliphatic imine (C=N–C) groups is 1. The molecule has 1 aliphatic rings. The molecular weight excluding hydrogens is 270 g/mol. The van der Waals surface area contributed by atoms with E-state index in [4.69, 9.17) is 10.5 Å². The van der Waals surface area contributed by atoms with Crippen LogP contribution in [0.15, 0.2) is 9.33 Å². The molecule has 0 saturated carbocycles. The third-order valence-electron chi connectivity index (χ3n) is 2.56. The molecule has 1 fully saturated rings. The average molecular weight is 287 g/mol. The summed E-state index contributed by atoms with van der Waals surface area (Å²) in [5.41, 5.74) is 5.97. The van der Waals surface area contributed by atoms with Gasteiger partial charge in [-0.15, -0.1) is 10.2 Å². The van der Waals surface area contributed by atoms with Gasteiger partial charge in [0, 0.05) is 13.1 Å². The van der Waals surface area contributed by atoms with Gasteiger partial charge in [-0.05, 0) is 13.2 Å². The van der Waals surface area contributed by atoms with Gasteiger partial charge in [-0.2, -0.15) is 0 Å². The maximum absolute atomic E-state index is 5.97. The summed E-state index contributed by atoms with van der Waals surface area (Å²) in [6, 6.07) is 0. The smallest absolute Gasteiger partial charge is 0.191 e. The molecule has 100 valence electrons. The Kier molecular flexibility index (Phi) is 4.79. The largest absolute Gasteiger partial charge is 0.375 e. The lowest BCUT2D eigenvalue weighted by molar-refractivity contribution is 0.00529. The number of ether oxygens (including phenoxy) is 1. The molecule has 8 heteroatoms. The van der Waals surface area contributed by atoms with Crippen LogP contribution in [0.1, 0.15) is 11.9 Å². The highest BCUT2D eigenvalue weighted by molar-refractivity contribution is 8.00. The van der Waals surface area contributed by atoms with Gasteiger partial charge >= 0.3 is 0 Å². The molecule has 1 saturated heterocycles. The van der Waals surface area contributed by atoms with E-state index in [0.717, 1.165) is 22.4 Å². The summed E-state index contributed by atoms with van der Waals surface area (Å²) in [5, 5.41) is 8.98. The number of hydrogen-bond acceptors (Lipinski definition) is 6. The minimum atomic E-state index is 0.206. The second-order valence-electron chi connectivity index (χ2n) is 3.97. The molecule has 2 rings (SSSR count). The quantitative estimate of drug-likeness (QED) is 0.503. The summed E-state index contributed by atoms with van der Waals surface area (Å²) < 4.78 is 6.42. The molecule has 1 atom stereocenters. The Morgan fingerprint density at radius 3 is 3.17 bits per heavy atom. The van der Waals surface area contributed by atoms with Crippen LogP contribution < -0.4 is 5.73 Å². The van der Waals surface area contributed by atoms with Crippen LogP contribution in [0.2, 0.25) is 0 Å². The number of hydrogen-bond donors (Lipinski definition) is 1. The predicted molar refractivity (Wildman–Crippen MR) is 74.0 cm³/mol. The van der Waals surface area contributed by atoms with Crippen molar-refractivity contribution in [2.75, 3.05) is 26.0 Å². The van der Waals surface area contributed by atoms with Gasteiger partial charge < -0.3 is 15.4 Å². The Morgan fingerprint density at radius 1 is 1.67 bits per heavy atom. The summed E-state index contributed by atoms with van der Waals surface area (Å²) in [5.74, 6) is 0.561. The number of rotatable bonds is 3. The molecule has 2 N–H and O–H groups in total. The first kappa shape index (κ1) is 13.6. The van der Waals surface area contributed by atoms with Crippen molar-refractivity contribution in [3.63, 3.8) is 0 Å². The molecule has 0 radical (unpaired) electrons. The van der Waals surface area contributed by atoms with E-state index in [9.17, 15) is 0 Å². The fourth-order valence-corrected chi connectivity index (χ4v) is 2.90. The van der Waals surface area contributed by atoms with Gasteiger partial charge in [0.25, 0.3) is 0 Å². The van der Waals surface area contributed by atoms with Gasteiger partial charge in [0.15, 0.2) is 10.3 Å². The molecule has 0 aromatic carbocycles. The summed E-state index contributed by atoms with van der Waals surface area (Å²) >= 11 is 3.15. The predicted octanol–water partition coefficient (Wildman–Crippen LogP) is 0.795. The van der Waals surface area contributed by atoms with Crippen LogP contribution in [-0.4, -0.2) is 53.1 Å². The maximum atomic E-state index is 5.97. The summed E-state index contributed by atoms with van der Waals surface area (Å²) in [6.07, 6.45) is 2.19. The monoisotopic (exact) mass is 287 g/mol. The highest BCUT2D eigenvalue weighted by atomic mass is 32.2. The molecule has 1 unspecified atom stereocenters. The minimum Gasteiger partial charge on any atom is -0.375 e. The molecule has 2 heterocycles. The van der Waals surface area contributed by atoms with E-state index in [1.165, 1.54) is 0 Å². The van der Waals surface area contributed by atoms with Crippen molar-refractivity contribution in [2.45, 2.75) is 23.9 Å². The van der Waals surface area contributed by atoms with Crippen molar-refractivity contribution in [3.05, 3.63) is 5.01 Å². The molecular formula is C10H17N5OS2. The topological polar surface area (TPSA) is 76.6 Å². The highest BCUT2D eigenvalue weighted by Crippen LogP contribution is 2.19. The zero-order chi connectivity index (χ0) is 13.0. The Hall–Kier alpha value is -0.860. The molecule has 1 aliphatic heterocycles. The Balaban J connectivity index is 1.91. The highest BCUT2D eigenvalue weighted by Gasteiger charge is 2.18. The van der Waals surface area contributed by atoms with Crippen LogP contribution in [0.5, 0.6) is 0 Å². The molecule has 0 amide bonds. The summed E-state index contributed by atoms with van der Waals surface area (Å²) in [6.45, 7) is 4.82. The Bertz CT molecular complexity index is 422. The van der Waals surface area contributed by atoms with Gasteiger partial charge in [-0.25, -0.2) is 4.99 Å². The van der Waals surface area contributed by atoms with E-state index >= 15 is 0 Å². The van der Waals surface area contributed by atoms with Crippen molar-refractivity contribution < 1.29 is 4.74 Å². The number of aromatic nitrogens is 2. The third-order valence-corrected chi connectivity index (χ3v) is 4.45. The maximum Gasteiger partial charge on any atom is 0.191 e. The normalized spacial score (nSPS) is 21.3. The number of guanidine groups is 1. The molecule has 0 bridgehead atoms. The number of thioether (sulfide) groups is 1. The van der Waals surface area contributed by atoms with Crippen LogP contribution in [0.25, 0.3) is 0 Å². The van der Waals surface area contributed by atoms with Crippen molar-refractivity contribution >= 4 is 29.1 Å². The zero-order valence-corrected chi connectivity index (χ0v) is 12.1.